The van der Waals surface area contributed by atoms with Gasteiger partial charge < -0.3 is 14.6 Å². The van der Waals surface area contributed by atoms with Crippen molar-refractivity contribution in [3.8, 4) is 11.5 Å². The van der Waals surface area contributed by atoms with Crippen molar-refractivity contribution in [1.29, 1.82) is 0 Å². The lowest BCUT2D eigenvalue weighted by molar-refractivity contribution is 0.267. The molecular formula is C13H19BrO3. The lowest BCUT2D eigenvalue weighted by Crippen LogP contribution is -2.08. The van der Waals surface area contributed by atoms with Crippen LogP contribution < -0.4 is 9.47 Å². The average molecular weight is 303 g/mol. The number of methoxy groups -OCH3 is 2. The second-order valence-corrected chi connectivity index (χ2v) is 4.92. The highest BCUT2D eigenvalue weighted by Crippen LogP contribution is 2.44. The van der Waals surface area contributed by atoms with Crippen LogP contribution in [0.2, 0.25) is 0 Å². The van der Waals surface area contributed by atoms with Crippen LogP contribution in [0.25, 0.3) is 0 Å². The van der Waals surface area contributed by atoms with Gasteiger partial charge in [0.2, 0.25) is 0 Å². The first kappa shape index (κ1) is 14.3. The van der Waals surface area contributed by atoms with E-state index in [-0.39, 0.29) is 12.5 Å². The van der Waals surface area contributed by atoms with Crippen molar-refractivity contribution in [2.24, 2.45) is 0 Å². The molecule has 4 heteroatoms. The molecule has 0 saturated carbocycles. The molecule has 1 rings (SSSR count). The summed E-state index contributed by atoms with van der Waals surface area (Å²) >= 11 is 3.57. The van der Waals surface area contributed by atoms with Gasteiger partial charge in [-0.1, -0.05) is 22.9 Å². The fraction of sp³-hybridized carbons (Fsp3) is 0.538. The van der Waals surface area contributed by atoms with Gasteiger partial charge in [-0.2, -0.15) is 0 Å². The second kappa shape index (κ2) is 5.74. The Morgan fingerprint density at radius 1 is 1.12 bits per heavy atom. The van der Waals surface area contributed by atoms with Gasteiger partial charge in [0, 0.05) is 28.1 Å². The van der Waals surface area contributed by atoms with Crippen molar-refractivity contribution in [2.45, 2.75) is 26.7 Å². The number of aliphatic hydroxyl groups excluding tert-OH is 1. The van der Waals surface area contributed by atoms with Crippen molar-refractivity contribution in [2.75, 3.05) is 20.8 Å². The summed E-state index contributed by atoms with van der Waals surface area (Å²) in [6.45, 7) is 6.04. The highest BCUT2D eigenvalue weighted by molar-refractivity contribution is 9.10. The SMILES string of the molecule is COc1c(C)c(Br)c(C)c(C(C)CO)c1OC. The quantitative estimate of drug-likeness (QED) is 0.928. The molecule has 1 aromatic carbocycles. The molecule has 0 bridgehead atoms. The van der Waals surface area contributed by atoms with Crippen molar-refractivity contribution >= 4 is 15.9 Å². The van der Waals surface area contributed by atoms with E-state index < -0.39 is 0 Å². The van der Waals surface area contributed by atoms with Crippen LogP contribution in [0.5, 0.6) is 11.5 Å². The summed E-state index contributed by atoms with van der Waals surface area (Å²) in [5, 5.41) is 9.34. The minimum absolute atomic E-state index is 0.00995. The highest BCUT2D eigenvalue weighted by Gasteiger charge is 2.23. The van der Waals surface area contributed by atoms with Crippen molar-refractivity contribution < 1.29 is 14.6 Å². The Labute approximate surface area is 111 Å². The maximum Gasteiger partial charge on any atom is 0.165 e. The van der Waals surface area contributed by atoms with Gasteiger partial charge in [0.05, 0.1) is 14.2 Å². The van der Waals surface area contributed by atoms with E-state index >= 15 is 0 Å². The summed E-state index contributed by atoms with van der Waals surface area (Å²) in [6, 6.07) is 0. The van der Waals surface area contributed by atoms with Crippen LogP contribution in [0, 0.1) is 13.8 Å². The number of hydrogen-bond acceptors (Lipinski definition) is 3. The normalized spacial score (nSPS) is 12.4. The number of benzene rings is 1. The third-order valence-electron chi connectivity index (χ3n) is 3.03. The van der Waals surface area contributed by atoms with Crippen LogP contribution in [-0.4, -0.2) is 25.9 Å². The van der Waals surface area contributed by atoms with E-state index in [1.165, 1.54) is 0 Å². The van der Waals surface area contributed by atoms with Gasteiger partial charge in [-0.25, -0.2) is 0 Å². The molecule has 17 heavy (non-hydrogen) atoms. The maximum absolute atomic E-state index is 9.34. The Morgan fingerprint density at radius 3 is 2.06 bits per heavy atom. The topological polar surface area (TPSA) is 38.7 Å². The summed E-state index contributed by atoms with van der Waals surface area (Å²) in [4.78, 5) is 0. The van der Waals surface area contributed by atoms with Gasteiger partial charge in [0.15, 0.2) is 11.5 Å². The molecule has 0 radical (unpaired) electrons. The van der Waals surface area contributed by atoms with Crippen LogP contribution >= 0.6 is 15.9 Å². The maximum atomic E-state index is 9.34. The molecular weight excluding hydrogens is 284 g/mol. The first-order valence-electron chi connectivity index (χ1n) is 5.50. The fourth-order valence-corrected chi connectivity index (χ4v) is 2.49. The predicted octanol–water partition coefficient (Wildman–Crippen LogP) is 3.18. The van der Waals surface area contributed by atoms with E-state index in [4.69, 9.17) is 9.47 Å². The number of ether oxygens (including phenoxy) is 2. The van der Waals surface area contributed by atoms with Gasteiger partial charge >= 0.3 is 0 Å². The molecule has 0 aliphatic rings. The van der Waals surface area contributed by atoms with Crippen LogP contribution in [0.15, 0.2) is 4.47 Å². The molecule has 1 unspecified atom stereocenters. The highest BCUT2D eigenvalue weighted by atomic mass is 79.9. The molecule has 1 atom stereocenters. The fourth-order valence-electron chi connectivity index (χ4n) is 2.10. The average Bonchev–Trinajstić information content (AvgIpc) is 2.34. The monoisotopic (exact) mass is 302 g/mol. The number of halogens is 1. The molecule has 3 nitrogen and oxygen atoms in total. The lowest BCUT2D eigenvalue weighted by Gasteiger charge is -2.22. The minimum Gasteiger partial charge on any atom is -0.493 e. The lowest BCUT2D eigenvalue weighted by atomic mass is 9.93. The Bertz CT molecular complexity index is 416. The van der Waals surface area contributed by atoms with Gasteiger partial charge in [-0.15, -0.1) is 0 Å². The molecule has 1 aromatic rings. The Balaban J connectivity index is 3.61. The van der Waals surface area contributed by atoms with E-state index in [2.05, 4.69) is 15.9 Å². The van der Waals surface area contributed by atoms with Gasteiger partial charge in [0.25, 0.3) is 0 Å². The second-order valence-electron chi connectivity index (χ2n) is 4.13. The summed E-state index contributed by atoms with van der Waals surface area (Å²) in [7, 11) is 3.25. The summed E-state index contributed by atoms with van der Waals surface area (Å²) in [5.74, 6) is 1.45. The first-order valence-corrected chi connectivity index (χ1v) is 6.30. The zero-order valence-corrected chi connectivity index (χ0v) is 12.5. The molecule has 0 aliphatic carbocycles. The molecule has 96 valence electrons. The van der Waals surface area contributed by atoms with E-state index in [1.54, 1.807) is 14.2 Å². The number of aliphatic hydroxyl groups is 1. The van der Waals surface area contributed by atoms with Gasteiger partial charge in [0.1, 0.15) is 0 Å². The zero-order valence-electron chi connectivity index (χ0n) is 10.9. The van der Waals surface area contributed by atoms with Crippen molar-refractivity contribution in [3.63, 3.8) is 0 Å². The van der Waals surface area contributed by atoms with E-state index in [0.29, 0.717) is 5.75 Å². The standard InChI is InChI=1S/C13H19BrO3/c1-7(6-15)10-8(2)11(14)9(3)12(16-4)13(10)17-5/h7,15H,6H2,1-5H3. The van der Waals surface area contributed by atoms with Crippen LogP contribution in [-0.2, 0) is 0 Å². The third-order valence-corrected chi connectivity index (χ3v) is 4.22. The van der Waals surface area contributed by atoms with Crippen LogP contribution in [0.4, 0.5) is 0 Å². The van der Waals surface area contributed by atoms with Crippen molar-refractivity contribution in [1.82, 2.24) is 0 Å². The number of rotatable bonds is 4. The molecule has 0 spiro atoms. The van der Waals surface area contributed by atoms with Crippen LogP contribution in [0.3, 0.4) is 0 Å². The zero-order chi connectivity index (χ0) is 13.2. The molecule has 0 aliphatic heterocycles. The molecule has 0 aromatic heterocycles. The molecule has 0 saturated heterocycles. The number of hydrogen-bond donors (Lipinski definition) is 1. The van der Waals surface area contributed by atoms with E-state index in [0.717, 1.165) is 26.9 Å². The summed E-state index contributed by atoms with van der Waals surface area (Å²) in [5.41, 5.74) is 3.08. The first-order chi connectivity index (χ1) is 7.99. The molecule has 0 amide bonds. The Morgan fingerprint density at radius 2 is 1.65 bits per heavy atom. The predicted molar refractivity (Wildman–Crippen MR) is 72.2 cm³/mol. The summed E-state index contributed by atoms with van der Waals surface area (Å²) in [6.07, 6.45) is 0. The largest absolute Gasteiger partial charge is 0.493 e. The molecule has 0 heterocycles. The van der Waals surface area contributed by atoms with Gasteiger partial charge in [-0.05, 0) is 19.4 Å². The van der Waals surface area contributed by atoms with Gasteiger partial charge in [-0.3, -0.25) is 0 Å². The Kier molecular flexibility index (Phi) is 4.83. The van der Waals surface area contributed by atoms with Crippen molar-refractivity contribution in [3.05, 3.63) is 21.2 Å². The van der Waals surface area contributed by atoms with E-state index in [1.807, 2.05) is 20.8 Å². The van der Waals surface area contributed by atoms with Crippen LogP contribution in [0.1, 0.15) is 29.5 Å². The van der Waals surface area contributed by atoms with E-state index in [9.17, 15) is 5.11 Å². The molecule has 1 N–H and O–H groups in total. The summed E-state index contributed by atoms with van der Waals surface area (Å²) < 4.78 is 11.9. The Hall–Kier alpha value is -0.740. The third kappa shape index (κ3) is 2.43. The molecule has 0 fully saturated rings. The smallest absolute Gasteiger partial charge is 0.165 e. The minimum atomic E-state index is 0.00995.